The number of piperidine rings is 2. The molecule has 8 rings (SSSR count). The molecule has 2 aromatic heterocycles. The van der Waals surface area contributed by atoms with Crippen LogP contribution in [0.5, 0.6) is 0 Å². The molecular weight excluding hydrogens is 658 g/mol. The zero-order valence-electron chi connectivity index (χ0n) is 28.1. The molecule has 1 atom stereocenters. The molecule has 2 fully saturated rings. The van der Waals surface area contributed by atoms with E-state index >= 15 is 0 Å². The number of hydrogen-bond donors (Lipinski definition) is 4. The molecular formula is C38H35N11O3. The molecule has 5 N–H and O–H groups in total. The van der Waals surface area contributed by atoms with Crippen LogP contribution in [0, 0.1) is 0 Å². The minimum atomic E-state index is -0.744. The van der Waals surface area contributed by atoms with Gasteiger partial charge in [0.1, 0.15) is 11.9 Å². The molecule has 14 nitrogen and oxygen atoms in total. The third kappa shape index (κ3) is 6.49. The van der Waals surface area contributed by atoms with Crippen LogP contribution < -0.4 is 31.5 Å². The Morgan fingerprint density at radius 1 is 0.904 bits per heavy atom. The number of aromatic nitrogens is 4. The molecule has 0 saturated carbocycles. The molecule has 0 spiro atoms. The van der Waals surface area contributed by atoms with Gasteiger partial charge in [-0.15, -0.1) is 0 Å². The highest BCUT2D eigenvalue weighted by Crippen LogP contribution is 2.43. The summed E-state index contributed by atoms with van der Waals surface area (Å²) in [5.41, 5.74) is 12.7. The van der Waals surface area contributed by atoms with E-state index in [0.29, 0.717) is 34.4 Å². The number of anilines is 6. The fraction of sp³-hybridized carbons (Fsp3) is 0.211. The van der Waals surface area contributed by atoms with Crippen molar-refractivity contribution in [2.75, 3.05) is 33.5 Å². The van der Waals surface area contributed by atoms with Gasteiger partial charge in [0, 0.05) is 55.1 Å². The van der Waals surface area contributed by atoms with Crippen LogP contribution in [0.1, 0.15) is 41.7 Å². The first-order valence-corrected chi connectivity index (χ1v) is 17.1. The van der Waals surface area contributed by atoms with Crippen molar-refractivity contribution in [1.29, 1.82) is 0 Å². The summed E-state index contributed by atoms with van der Waals surface area (Å²) in [7, 11) is 0. The normalized spacial score (nSPS) is 18.0. The van der Waals surface area contributed by atoms with Crippen LogP contribution in [0.4, 0.5) is 34.5 Å². The lowest BCUT2D eigenvalue weighted by Gasteiger charge is -2.41. The summed E-state index contributed by atoms with van der Waals surface area (Å²) in [5, 5.41) is 8.94. The topological polar surface area (TPSA) is 184 Å². The third-order valence-corrected chi connectivity index (χ3v) is 9.45. The molecule has 0 radical (unpaired) electrons. The van der Waals surface area contributed by atoms with Crippen molar-refractivity contribution in [1.82, 2.24) is 25.3 Å². The van der Waals surface area contributed by atoms with Crippen LogP contribution in [0.25, 0.3) is 16.6 Å². The highest BCUT2D eigenvalue weighted by atomic mass is 16.2. The van der Waals surface area contributed by atoms with Crippen molar-refractivity contribution < 1.29 is 14.4 Å². The van der Waals surface area contributed by atoms with Gasteiger partial charge in [-0.3, -0.25) is 34.6 Å². The van der Waals surface area contributed by atoms with Gasteiger partial charge in [-0.1, -0.05) is 24.3 Å². The monoisotopic (exact) mass is 693 g/mol. The first-order chi connectivity index (χ1) is 25.4. The number of nitrogens with one attached hydrogen (secondary N) is 3. The first-order valence-electron chi connectivity index (χ1n) is 17.1. The molecule has 14 heteroatoms. The van der Waals surface area contributed by atoms with Gasteiger partial charge in [-0.25, -0.2) is 9.97 Å². The van der Waals surface area contributed by atoms with Gasteiger partial charge in [0.2, 0.25) is 17.8 Å². The summed E-state index contributed by atoms with van der Waals surface area (Å²) in [6.07, 6.45) is 8.93. The fourth-order valence-electron chi connectivity index (χ4n) is 6.77. The van der Waals surface area contributed by atoms with Crippen molar-refractivity contribution in [2.45, 2.75) is 37.8 Å². The van der Waals surface area contributed by atoms with E-state index in [0.717, 1.165) is 53.9 Å². The van der Waals surface area contributed by atoms with E-state index in [2.05, 4.69) is 47.9 Å². The number of benzene rings is 3. The first kappa shape index (κ1) is 32.5. The molecule has 5 aromatic rings. The molecule has 3 aliphatic heterocycles. The Morgan fingerprint density at radius 3 is 2.56 bits per heavy atom. The van der Waals surface area contributed by atoms with Crippen LogP contribution in [0.15, 0.2) is 96.4 Å². The third-order valence-electron chi connectivity index (χ3n) is 9.45. The average molecular weight is 694 g/mol. The van der Waals surface area contributed by atoms with Crippen molar-refractivity contribution in [3.63, 3.8) is 0 Å². The van der Waals surface area contributed by atoms with Gasteiger partial charge in [0.05, 0.1) is 45.9 Å². The number of allylic oxidation sites excluding steroid dienone is 1. The van der Waals surface area contributed by atoms with E-state index in [-0.39, 0.29) is 30.7 Å². The average Bonchev–Trinajstić information content (AvgIpc) is 3.16. The number of para-hydroxylation sites is 3. The lowest BCUT2D eigenvalue weighted by atomic mass is 9.94. The van der Waals surface area contributed by atoms with Crippen LogP contribution in [0.2, 0.25) is 0 Å². The second-order valence-electron chi connectivity index (χ2n) is 12.8. The van der Waals surface area contributed by atoms with E-state index in [4.69, 9.17) is 15.7 Å². The molecule has 0 bridgehead atoms. The molecule has 2 saturated heterocycles. The van der Waals surface area contributed by atoms with Gasteiger partial charge < -0.3 is 21.3 Å². The fourth-order valence-corrected chi connectivity index (χ4v) is 6.77. The summed E-state index contributed by atoms with van der Waals surface area (Å²) in [4.78, 5) is 64.1. The van der Waals surface area contributed by atoms with Gasteiger partial charge in [0.15, 0.2) is 0 Å². The highest BCUT2D eigenvalue weighted by Gasteiger charge is 2.44. The maximum absolute atomic E-state index is 12.9. The second-order valence-corrected chi connectivity index (χ2v) is 12.8. The molecule has 3 amide bonds. The van der Waals surface area contributed by atoms with Gasteiger partial charge in [-0.05, 0) is 67.8 Å². The summed E-state index contributed by atoms with van der Waals surface area (Å²) in [6, 6.07) is 22.3. The molecule has 3 aliphatic rings. The molecule has 0 aliphatic carbocycles. The summed E-state index contributed by atoms with van der Waals surface area (Å²) < 4.78 is 0. The van der Waals surface area contributed by atoms with Crippen molar-refractivity contribution in [3.05, 3.63) is 103 Å². The number of carbonyl (C=O) groups excluding carboxylic acids is 3. The van der Waals surface area contributed by atoms with Crippen LogP contribution in [-0.2, 0) is 9.59 Å². The largest absolute Gasteiger partial charge is 0.404 e. The number of hydrogen-bond acceptors (Lipinski definition) is 12. The summed E-state index contributed by atoms with van der Waals surface area (Å²) >= 11 is 0. The molecule has 52 heavy (non-hydrogen) atoms. The van der Waals surface area contributed by atoms with Gasteiger partial charge in [0.25, 0.3) is 5.91 Å². The Morgan fingerprint density at radius 2 is 1.73 bits per heavy atom. The van der Waals surface area contributed by atoms with Gasteiger partial charge in [-0.2, -0.15) is 4.98 Å². The number of nitrogens with zero attached hydrogens (tertiary/aromatic N) is 7. The zero-order valence-corrected chi connectivity index (χ0v) is 28.1. The number of carbonyl (C=O) groups is 3. The van der Waals surface area contributed by atoms with E-state index in [1.165, 1.54) is 11.1 Å². The van der Waals surface area contributed by atoms with Crippen LogP contribution >= 0.6 is 0 Å². The molecule has 5 heterocycles. The Labute approximate surface area is 298 Å². The molecule has 1 unspecified atom stereocenters. The maximum Gasteiger partial charge on any atom is 0.261 e. The maximum atomic E-state index is 12.9. The smallest absolute Gasteiger partial charge is 0.261 e. The number of imide groups is 1. The predicted molar refractivity (Wildman–Crippen MR) is 200 cm³/mol. The van der Waals surface area contributed by atoms with Crippen LogP contribution in [0.3, 0.4) is 0 Å². The number of amides is 3. The quantitative estimate of drug-likeness (QED) is 0.124. The van der Waals surface area contributed by atoms with E-state index in [1.807, 2.05) is 48.7 Å². The van der Waals surface area contributed by atoms with E-state index < -0.39 is 11.9 Å². The highest BCUT2D eigenvalue weighted by molar-refractivity contribution is 6.25. The Bertz CT molecular complexity index is 2260. The van der Waals surface area contributed by atoms with Crippen molar-refractivity contribution >= 4 is 75.1 Å². The summed E-state index contributed by atoms with van der Waals surface area (Å²) in [5.74, 6) is -0.154. The van der Waals surface area contributed by atoms with Crippen molar-refractivity contribution in [2.24, 2.45) is 10.7 Å². The predicted octanol–water partition coefficient (Wildman–Crippen LogP) is 4.71. The standard InChI is InChI=1S/C38H35N11O3/c39-20-23(31-22-42-28-8-1-2-9-29(28)44-31)21-41-24-14-17-48(18-15-24)26-6-3-5-25(19-26)43-38-40-16-13-33(46-38)45-30-10-4-7-27-35(30)49(37(27)52)32-11-12-34(50)47-36(32)51/h1-10,13,16,19-22,24,32H,11-12,14-15,17-18,39H2,(H,47,50,51)(H2,40,43,45,46). The lowest BCUT2D eigenvalue weighted by molar-refractivity contribution is -0.134. The van der Waals surface area contributed by atoms with Gasteiger partial charge >= 0.3 is 0 Å². The Kier molecular flexibility index (Phi) is 8.69. The van der Waals surface area contributed by atoms with Crippen molar-refractivity contribution in [3.8, 4) is 0 Å². The summed E-state index contributed by atoms with van der Waals surface area (Å²) in [6.45, 7) is 1.69. The number of fused-ring (bicyclic) bond motifs is 2. The minimum Gasteiger partial charge on any atom is -0.404 e. The van der Waals surface area contributed by atoms with E-state index in [1.54, 1.807) is 30.6 Å². The van der Waals surface area contributed by atoms with Crippen LogP contribution in [-0.4, -0.2) is 69.0 Å². The Hall–Kier alpha value is -6.70. The lowest BCUT2D eigenvalue weighted by Crippen LogP contribution is -2.58. The second kappa shape index (κ2) is 13.9. The Balaban J connectivity index is 0.898. The van der Waals surface area contributed by atoms with E-state index in [9.17, 15) is 14.4 Å². The molecule has 3 aromatic carbocycles. The number of rotatable bonds is 9. The number of aliphatic imine (C=N–C) groups is 1. The zero-order chi connectivity index (χ0) is 35.6. The molecule has 260 valence electrons. The minimum absolute atomic E-state index is 0.167. The number of nitrogens with two attached hydrogens (primary N) is 1. The SMILES string of the molecule is NC=C(C=NC1CCN(c2cccc(Nc3nccc(Nc4cccc5c4N(C4CCC(=O)NC4=O)C5=O)n3)c2)CC1)c1cnc2ccccc2n1.